The first-order valence-corrected chi connectivity index (χ1v) is 9.25. The van der Waals surface area contributed by atoms with Crippen LogP contribution >= 0.6 is 11.6 Å². The molecule has 1 atom stereocenters. The Bertz CT molecular complexity index is 757. The van der Waals surface area contributed by atoms with E-state index in [1.807, 2.05) is 17.0 Å². The Morgan fingerprint density at radius 1 is 1.24 bits per heavy atom. The Kier molecular flexibility index (Phi) is 4.61. The van der Waals surface area contributed by atoms with Crippen molar-refractivity contribution >= 4 is 17.6 Å². The highest BCUT2D eigenvalue weighted by molar-refractivity contribution is 6.30. The van der Waals surface area contributed by atoms with Gasteiger partial charge in [-0.05, 0) is 37.8 Å². The zero-order valence-corrected chi connectivity index (χ0v) is 14.7. The van der Waals surface area contributed by atoms with Gasteiger partial charge in [0, 0.05) is 23.2 Å². The van der Waals surface area contributed by atoms with Gasteiger partial charge in [-0.15, -0.1) is 0 Å². The monoisotopic (exact) mass is 360 g/mol. The Balaban J connectivity index is 1.49. The van der Waals surface area contributed by atoms with Crippen molar-refractivity contribution in [3.05, 3.63) is 35.2 Å². The summed E-state index contributed by atoms with van der Waals surface area (Å²) in [4.78, 5) is 19.0. The van der Waals surface area contributed by atoms with E-state index in [1.54, 1.807) is 12.1 Å². The molecule has 2 aliphatic rings. The van der Waals surface area contributed by atoms with Gasteiger partial charge in [-0.1, -0.05) is 41.7 Å². The minimum Gasteiger partial charge on any atom is -0.337 e. The van der Waals surface area contributed by atoms with E-state index >= 15 is 0 Å². The number of halogens is 1. The number of hydrogen-bond acceptors (Lipinski definition) is 4. The van der Waals surface area contributed by atoms with Gasteiger partial charge in [0.05, 0.1) is 0 Å². The van der Waals surface area contributed by atoms with Crippen molar-refractivity contribution < 1.29 is 9.32 Å². The lowest BCUT2D eigenvalue weighted by atomic mass is 10.2. The number of hydrogen-bond donors (Lipinski definition) is 1. The van der Waals surface area contributed by atoms with Gasteiger partial charge in [-0.2, -0.15) is 4.98 Å². The number of aromatic nitrogens is 2. The SMILES string of the molecule is O=C(NC1CCCC1)N1CCC[C@@H]1c1nc(-c2cccc(Cl)c2)no1. The van der Waals surface area contributed by atoms with Crippen molar-refractivity contribution in [2.45, 2.75) is 50.6 Å². The van der Waals surface area contributed by atoms with Gasteiger partial charge >= 0.3 is 6.03 Å². The minimum absolute atomic E-state index is 0.0168. The third kappa shape index (κ3) is 3.49. The number of carbonyl (C=O) groups excluding carboxylic acids is 1. The van der Waals surface area contributed by atoms with Gasteiger partial charge < -0.3 is 14.7 Å². The average Bonchev–Trinajstić information content (AvgIpc) is 3.35. The fraction of sp³-hybridized carbons (Fsp3) is 0.500. The molecule has 1 saturated carbocycles. The first kappa shape index (κ1) is 16.4. The molecule has 6 nitrogen and oxygen atoms in total. The number of carbonyl (C=O) groups is 1. The summed E-state index contributed by atoms with van der Waals surface area (Å²) in [5, 5.41) is 7.84. The smallest absolute Gasteiger partial charge is 0.318 e. The standard InChI is InChI=1S/C18H21ClN4O2/c19-13-6-3-5-12(11-13)16-21-17(25-22-16)15-9-4-10-23(15)18(24)20-14-7-1-2-8-14/h3,5-6,11,14-15H,1-2,4,7-10H2,(H,20,24)/t15-/m1/s1. The van der Waals surface area contributed by atoms with E-state index in [0.29, 0.717) is 22.8 Å². The number of amides is 2. The van der Waals surface area contributed by atoms with Crippen molar-refractivity contribution in [3.63, 3.8) is 0 Å². The van der Waals surface area contributed by atoms with Crippen LogP contribution < -0.4 is 5.32 Å². The third-order valence-corrected chi connectivity index (χ3v) is 5.24. The molecule has 7 heteroatoms. The lowest BCUT2D eigenvalue weighted by Gasteiger charge is -2.24. The highest BCUT2D eigenvalue weighted by Gasteiger charge is 2.35. The highest BCUT2D eigenvalue weighted by atomic mass is 35.5. The van der Waals surface area contributed by atoms with Crippen molar-refractivity contribution in [1.82, 2.24) is 20.4 Å². The molecule has 1 aromatic heterocycles. The first-order valence-electron chi connectivity index (χ1n) is 8.87. The molecule has 2 aromatic rings. The molecule has 2 heterocycles. The van der Waals surface area contributed by atoms with Crippen LogP contribution in [0.2, 0.25) is 5.02 Å². The summed E-state index contributed by atoms with van der Waals surface area (Å²) in [6, 6.07) is 7.48. The number of benzene rings is 1. The Hall–Kier alpha value is -2.08. The summed E-state index contributed by atoms with van der Waals surface area (Å²) >= 11 is 6.03. The summed E-state index contributed by atoms with van der Waals surface area (Å²) < 4.78 is 5.47. The minimum atomic E-state index is -0.151. The molecular formula is C18H21ClN4O2. The van der Waals surface area contributed by atoms with Crippen LogP contribution in [-0.2, 0) is 0 Å². The largest absolute Gasteiger partial charge is 0.337 e. The van der Waals surface area contributed by atoms with Gasteiger partial charge in [0.1, 0.15) is 6.04 Å². The van der Waals surface area contributed by atoms with Crippen LogP contribution in [0.3, 0.4) is 0 Å². The fourth-order valence-electron chi connectivity index (χ4n) is 3.71. The summed E-state index contributed by atoms with van der Waals surface area (Å²) in [5.74, 6) is 0.995. The summed E-state index contributed by atoms with van der Waals surface area (Å²) in [7, 11) is 0. The molecule has 2 fully saturated rings. The average molecular weight is 361 g/mol. The van der Waals surface area contributed by atoms with Crippen LogP contribution in [0.25, 0.3) is 11.4 Å². The van der Waals surface area contributed by atoms with E-state index < -0.39 is 0 Å². The maximum Gasteiger partial charge on any atom is 0.318 e. The van der Waals surface area contributed by atoms with Gasteiger partial charge in [0.25, 0.3) is 0 Å². The van der Waals surface area contributed by atoms with Gasteiger partial charge in [-0.25, -0.2) is 4.79 Å². The Labute approximate surface area is 151 Å². The lowest BCUT2D eigenvalue weighted by molar-refractivity contribution is 0.177. The van der Waals surface area contributed by atoms with Crippen LogP contribution in [0, 0.1) is 0 Å². The van der Waals surface area contributed by atoms with Crippen LogP contribution in [0.1, 0.15) is 50.5 Å². The molecule has 0 radical (unpaired) electrons. The Morgan fingerprint density at radius 2 is 2.08 bits per heavy atom. The molecule has 1 aliphatic heterocycles. The van der Waals surface area contributed by atoms with E-state index in [-0.39, 0.29) is 12.1 Å². The summed E-state index contributed by atoms with van der Waals surface area (Å²) in [5.41, 5.74) is 0.808. The molecule has 1 N–H and O–H groups in total. The predicted molar refractivity (Wildman–Crippen MR) is 94.2 cm³/mol. The van der Waals surface area contributed by atoms with Gasteiger partial charge in [0.2, 0.25) is 11.7 Å². The molecule has 1 aliphatic carbocycles. The molecule has 1 saturated heterocycles. The molecule has 0 unspecified atom stereocenters. The second kappa shape index (κ2) is 7.04. The molecule has 1 aromatic carbocycles. The lowest BCUT2D eigenvalue weighted by Crippen LogP contribution is -2.43. The topological polar surface area (TPSA) is 71.3 Å². The van der Waals surface area contributed by atoms with Crippen LogP contribution in [0.5, 0.6) is 0 Å². The molecule has 132 valence electrons. The predicted octanol–water partition coefficient (Wildman–Crippen LogP) is 4.18. The van der Waals surface area contributed by atoms with E-state index in [0.717, 1.165) is 37.8 Å². The van der Waals surface area contributed by atoms with E-state index in [2.05, 4.69) is 15.5 Å². The maximum absolute atomic E-state index is 12.6. The van der Waals surface area contributed by atoms with Crippen molar-refractivity contribution in [2.24, 2.45) is 0 Å². The van der Waals surface area contributed by atoms with Crippen LogP contribution in [0.15, 0.2) is 28.8 Å². The molecule has 0 spiro atoms. The van der Waals surface area contributed by atoms with E-state index in [9.17, 15) is 4.79 Å². The number of nitrogens with zero attached hydrogens (tertiary/aromatic N) is 3. The molecule has 0 bridgehead atoms. The van der Waals surface area contributed by atoms with Crippen LogP contribution in [-0.4, -0.2) is 33.7 Å². The van der Waals surface area contributed by atoms with Crippen molar-refractivity contribution in [2.75, 3.05) is 6.54 Å². The second-order valence-electron chi connectivity index (χ2n) is 6.75. The summed E-state index contributed by atoms with van der Waals surface area (Å²) in [6.07, 6.45) is 6.32. The summed E-state index contributed by atoms with van der Waals surface area (Å²) in [6.45, 7) is 0.720. The molecule has 25 heavy (non-hydrogen) atoms. The number of urea groups is 1. The fourth-order valence-corrected chi connectivity index (χ4v) is 3.90. The van der Waals surface area contributed by atoms with Crippen LogP contribution in [0.4, 0.5) is 4.79 Å². The maximum atomic E-state index is 12.6. The van der Waals surface area contributed by atoms with Gasteiger partial charge in [0.15, 0.2) is 0 Å². The number of likely N-dealkylation sites (tertiary alicyclic amines) is 1. The first-order chi connectivity index (χ1) is 12.2. The molecule has 4 rings (SSSR count). The van der Waals surface area contributed by atoms with Crippen molar-refractivity contribution in [3.8, 4) is 11.4 Å². The molecule has 2 amide bonds. The number of rotatable bonds is 3. The third-order valence-electron chi connectivity index (χ3n) is 5.01. The number of nitrogens with one attached hydrogen (secondary N) is 1. The zero-order valence-electron chi connectivity index (χ0n) is 13.9. The second-order valence-corrected chi connectivity index (χ2v) is 7.19. The zero-order chi connectivity index (χ0) is 17.2. The quantitative estimate of drug-likeness (QED) is 0.891. The molecular weight excluding hydrogens is 340 g/mol. The van der Waals surface area contributed by atoms with Gasteiger partial charge in [-0.3, -0.25) is 0 Å². The van der Waals surface area contributed by atoms with Crippen molar-refractivity contribution in [1.29, 1.82) is 0 Å². The van der Waals surface area contributed by atoms with E-state index in [1.165, 1.54) is 12.8 Å². The van der Waals surface area contributed by atoms with E-state index in [4.69, 9.17) is 16.1 Å². The Morgan fingerprint density at radius 3 is 2.88 bits per heavy atom. The highest BCUT2D eigenvalue weighted by Crippen LogP contribution is 2.32. The normalized spacial score (nSPS) is 21.0.